The van der Waals surface area contributed by atoms with Crippen LogP contribution in [-0.4, -0.2) is 33.8 Å². The topological polar surface area (TPSA) is 84.8 Å². The van der Waals surface area contributed by atoms with Gasteiger partial charge in [-0.2, -0.15) is 8.78 Å². The molecule has 0 radical (unpaired) electrons. The van der Waals surface area contributed by atoms with Crippen LogP contribution in [0.3, 0.4) is 0 Å². The Morgan fingerprint density at radius 2 is 1.90 bits per heavy atom. The Kier molecular flexibility index (Phi) is 6.78. The monoisotopic (exact) mass is 435 g/mol. The van der Waals surface area contributed by atoms with Crippen molar-refractivity contribution < 1.29 is 28.2 Å². The Balaban J connectivity index is 2.06. The molecular formula is C20H19F2N3O4S. The van der Waals surface area contributed by atoms with Crippen molar-refractivity contribution in [1.29, 1.82) is 0 Å². The molecule has 158 valence electrons. The van der Waals surface area contributed by atoms with E-state index in [0.717, 1.165) is 4.88 Å². The van der Waals surface area contributed by atoms with Gasteiger partial charge in [-0.15, -0.1) is 11.3 Å². The fourth-order valence-corrected chi connectivity index (χ4v) is 3.29. The van der Waals surface area contributed by atoms with Crippen molar-refractivity contribution in [3.8, 4) is 11.5 Å². The number of benzene rings is 1. The molecule has 0 amide bonds. The number of hydrogen-bond acceptors (Lipinski definition) is 7. The molecule has 2 heterocycles. The Morgan fingerprint density at radius 3 is 2.53 bits per heavy atom. The third-order valence-electron chi connectivity index (χ3n) is 3.90. The molecule has 0 unspecified atom stereocenters. The smallest absolute Gasteiger partial charge is 0.387 e. The van der Waals surface area contributed by atoms with Gasteiger partial charge in [-0.1, -0.05) is 0 Å². The average Bonchev–Trinajstić information content (AvgIpc) is 3.20. The SMILES string of the molecule is CC(C)Oc1cc(N(Cc2cncs2)c2cncc(C(=O)O)c2)ccc1OC(F)F. The van der Waals surface area contributed by atoms with Crippen LogP contribution in [-0.2, 0) is 6.54 Å². The van der Waals surface area contributed by atoms with Gasteiger partial charge < -0.3 is 19.5 Å². The standard InChI is InChI=1S/C20H19F2N3O4S/c1-12(2)28-18-6-14(3-4-17(18)29-20(21)22)25(10-16-9-24-11-30-16)15-5-13(19(26)27)7-23-8-15/h3-9,11-12,20H,10H2,1-2H3,(H,26,27). The molecule has 30 heavy (non-hydrogen) atoms. The Bertz CT molecular complexity index is 999. The molecular weight excluding hydrogens is 416 g/mol. The van der Waals surface area contributed by atoms with Gasteiger partial charge in [0.25, 0.3) is 0 Å². The number of carboxylic acid groups (broad SMARTS) is 1. The van der Waals surface area contributed by atoms with Gasteiger partial charge in [0, 0.05) is 29.0 Å². The second-order valence-corrected chi connectivity index (χ2v) is 7.44. The molecule has 3 aromatic rings. The second kappa shape index (κ2) is 9.49. The highest BCUT2D eigenvalue weighted by molar-refractivity contribution is 7.09. The summed E-state index contributed by atoms with van der Waals surface area (Å²) in [6.07, 6.45) is 4.21. The molecule has 10 heteroatoms. The number of halogens is 2. The molecule has 0 saturated heterocycles. The van der Waals surface area contributed by atoms with Crippen LogP contribution in [0.15, 0.2) is 48.4 Å². The molecule has 0 fully saturated rings. The highest BCUT2D eigenvalue weighted by Crippen LogP contribution is 2.37. The van der Waals surface area contributed by atoms with Crippen LogP contribution in [0.4, 0.5) is 20.2 Å². The third-order valence-corrected chi connectivity index (χ3v) is 4.66. The minimum Gasteiger partial charge on any atom is -0.487 e. The van der Waals surface area contributed by atoms with Crippen LogP contribution in [0.2, 0.25) is 0 Å². The molecule has 0 aliphatic carbocycles. The summed E-state index contributed by atoms with van der Waals surface area (Å²) < 4.78 is 35.8. The summed E-state index contributed by atoms with van der Waals surface area (Å²) in [6.45, 7) is 0.920. The molecule has 2 aromatic heterocycles. The van der Waals surface area contributed by atoms with Gasteiger partial charge in [0.1, 0.15) is 0 Å². The number of anilines is 2. The normalized spacial score (nSPS) is 11.0. The number of rotatable bonds is 9. The predicted molar refractivity (Wildman–Crippen MR) is 108 cm³/mol. The van der Waals surface area contributed by atoms with Crippen molar-refractivity contribution in [3.63, 3.8) is 0 Å². The van der Waals surface area contributed by atoms with Crippen molar-refractivity contribution >= 4 is 28.7 Å². The van der Waals surface area contributed by atoms with Gasteiger partial charge in [-0.25, -0.2) is 4.79 Å². The summed E-state index contributed by atoms with van der Waals surface area (Å²) in [7, 11) is 0. The number of pyridine rings is 1. The number of carbonyl (C=O) groups is 1. The number of carboxylic acids is 1. The lowest BCUT2D eigenvalue weighted by molar-refractivity contribution is -0.0518. The summed E-state index contributed by atoms with van der Waals surface area (Å²) >= 11 is 1.43. The van der Waals surface area contributed by atoms with Gasteiger partial charge >= 0.3 is 12.6 Å². The number of ether oxygens (including phenoxy) is 2. The van der Waals surface area contributed by atoms with Gasteiger partial charge in [0.15, 0.2) is 11.5 Å². The van der Waals surface area contributed by atoms with E-state index in [4.69, 9.17) is 4.74 Å². The van der Waals surface area contributed by atoms with E-state index in [-0.39, 0.29) is 23.2 Å². The van der Waals surface area contributed by atoms with Crippen LogP contribution in [0.25, 0.3) is 0 Å². The van der Waals surface area contributed by atoms with E-state index in [9.17, 15) is 18.7 Å². The lowest BCUT2D eigenvalue weighted by Crippen LogP contribution is -2.17. The van der Waals surface area contributed by atoms with E-state index >= 15 is 0 Å². The number of alkyl halides is 2. The fourth-order valence-electron chi connectivity index (χ4n) is 2.70. The van der Waals surface area contributed by atoms with Crippen LogP contribution in [0, 0.1) is 0 Å². The maximum absolute atomic E-state index is 12.8. The number of hydrogen-bond donors (Lipinski definition) is 1. The molecule has 1 N–H and O–H groups in total. The van der Waals surface area contributed by atoms with E-state index < -0.39 is 12.6 Å². The Labute approximate surface area is 175 Å². The summed E-state index contributed by atoms with van der Waals surface area (Å²) in [5.74, 6) is -1.04. The highest BCUT2D eigenvalue weighted by atomic mass is 32.1. The van der Waals surface area contributed by atoms with E-state index in [1.54, 1.807) is 42.6 Å². The molecule has 0 saturated carbocycles. The zero-order valence-electron chi connectivity index (χ0n) is 16.2. The first-order valence-electron chi connectivity index (χ1n) is 8.92. The van der Waals surface area contributed by atoms with Gasteiger partial charge in [0.2, 0.25) is 0 Å². The molecule has 3 rings (SSSR count). The summed E-state index contributed by atoms with van der Waals surface area (Å²) in [5.41, 5.74) is 2.82. The van der Waals surface area contributed by atoms with Crippen LogP contribution in [0.1, 0.15) is 29.1 Å². The maximum Gasteiger partial charge on any atom is 0.387 e. The first-order valence-corrected chi connectivity index (χ1v) is 9.80. The summed E-state index contributed by atoms with van der Waals surface area (Å²) in [6, 6.07) is 6.06. The van der Waals surface area contributed by atoms with E-state index in [0.29, 0.717) is 17.9 Å². The van der Waals surface area contributed by atoms with Crippen molar-refractivity contribution in [1.82, 2.24) is 9.97 Å². The van der Waals surface area contributed by atoms with Crippen LogP contribution in [0.5, 0.6) is 11.5 Å². The molecule has 0 atom stereocenters. The molecule has 0 aliphatic heterocycles. The molecule has 1 aromatic carbocycles. The summed E-state index contributed by atoms with van der Waals surface area (Å²) in [4.78, 5) is 22.2. The lowest BCUT2D eigenvalue weighted by Gasteiger charge is -2.26. The maximum atomic E-state index is 12.8. The first-order chi connectivity index (χ1) is 14.3. The highest BCUT2D eigenvalue weighted by Gasteiger charge is 2.19. The largest absolute Gasteiger partial charge is 0.487 e. The number of thiazole rings is 1. The zero-order chi connectivity index (χ0) is 21.7. The third kappa shape index (κ3) is 5.41. The van der Waals surface area contributed by atoms with E-state index in [1.807, 2.05) is 0 Å². The minimum absolute atomic E-state index is 0.0260. The van der Waals surface area contributed by atoms with Crippen molar-refractivity contribution in [2.75, 3.05) is 4.90 Å². The lowest BCUT2D eigenvalue weighted by atomic mass is 10.2. The van der Waals surface area contributed by atoms with Crippen LogP contribution >= 0.6 is 11.3 Å². The van der Waals surface area contributed by atoms with E-state index in [1.165, 1.54) is 35.9 Å². The molecule has 0 spiro atoms. The Morgan fingerprint density at radius 1 is 1.10 bits per heavy atom. The number of aromatic carboxylic acids is 1. The minimum atomic E-state index is -2.99. The molecule has 7 nitrogen and oxygen atoms in total. The second-order valence-electron chi connectivity index (χ2n) is 6.47. The average molecular weight is 435 g/mol. The van der Waals surface area contributed by atoms with Crippen molar-refractivity contribution in [3.05, 3.63) is 58.8 Å². The van der Waals surface area contributed by atoms with Crippen molar-refractivity contribution in [2.24, 2.45) is 0 Å². The number of nitrogens with zero attached hydrogens (tertiary/aromatic N) is 3. The quantitative estimate of drug-likeness (QED) is 0.508. The van der Waals surface area contributed by atoms with E-state index in [2.05, 4.69) is 14.7 Å². The fraction of sp³-hybridized carbons (Fsp3) is 0.250. The molecule has 0 bridgehead atoms. The van der Waals surface area contributed by atoms with Gasteiger partial charge in [-0.3, -0.25) is 9.97 Å². The predicted octanol–water partition coefficient (Wildman–Crippen LogP) is 4.96. The number of aromatic nitrogens is 2. The van der Waals surface area contributed by atoms with Crippen molar-refractivity contribution in [2.45, 2.75) is 33.1 Å². The summed E-state index contributed by atoms with van der Waals surface area (Å²) in [5, 5.41) is 9.31. The molecule has 0 aliphatic rings. The first kappa shape index (κ1) is 21.4. The Hall–Kier alpha value is -3.27. The van der Waals surface area contributed by atoms with Gasteiger partial charge in [0.05, 0.1) is 35.6 Å². The van der Waals surface area contributed by atoms with Crippen LogP contribution < -0.4 is 14.4 Å². The van der Waals surface area contributed by atoms with Gasteiger partial charge in [-0.05, 0) is 32.0 Å². The zero-order valence-corrected chi connectivity index (χ0v) is 17.0.